The van der Waals surface area contributed by atoms with Crippen LogP contribution < -0.4 is 14.8 Å². The molecule has 45 heavy (non-hydrogen) atoms. The molecule has 0 saturated carbocycles. The summed E-state index contributed by atoms with van der Waals surface area (Å²) in [6.07, 6.45) is 0.252. The second kappa shape index (κ2) is 14.5. The molecule has 0 aliphatic carbocycles. The van der Waals surface area contributed by atoms with Gasteiger partial charge in [0.1, 0.15) is 16.7 Å². The Morgan fingerprint density at radius 1 is 1.18 bits per heavy atom. The summed E-state index contributed by atoms with van der Waals surface area (Å²) in [7, 11) is -2.16. The average molecular weight is 661 g/mol. The number of piperazine rings is 1. The predicted molar refractivity (Wildman–Crippen MR) is 171 cm³/mol. The highest BCUT2D eigenvalue weighted by molar-refractivity contribution is 7.98. The number of carbonyl (C=O) groups is 2. The lowest BCUT2D eigenvalue weighted by molar-refractivity contribution is -0.163. The van der Waals surface area contributed by atoms with E-state index in [1.54, 1.807) is 6.92 Å². The van der Waals surface area contributed by atoms with Crippen molar-refractivity contribution >= 4 is 50.4 Å². The number of ether oxygens (including phenoxy) is 3. The summed E-state index contributed by atoms with van der Waals surface area (Å²) < 4.78 is 49.0. The predicted octanol–water partition coefficient (Wildman–Crippen LogP) is 2.37. The van der Waals surface area contributed by atoms with Gasteiger partial charge in [0.25, 0.3) is 0 Å². The van der Waals surface area contributed by atoms with Crippen molar-refractivity contribution in [3.05, 3.63) is 42.5 Å². The summed E-state index contributed by atoms with van der Waals surface area (Å²) in [5.41, 5.74) is 2.19. The summed E-state index contributed by atoms with van der Waals surface area (Å²) in [5.74, 6) is -0.703. The first kappa shape index (κ1) is 33.2. The third-order valence-corrected chi connectivity index (χ3v) is 9.86. The minimum absolute atomic E-state index is 0.0562. The van der Waals surface area contributed by atoms with Gasteiger partial charge in [-0.05, 0) is 51.4 Å². The first-order valence-corrected chi connectivity index (χ1v) is 17.6. The lowest BCUT2D eigenvalue weighted by Crippen LogP contribution is -2.47. The third kappa shape index (κ3) is 8.15. The van der Waals surface area contributed by atoms with Crippen LogP contribution in [0.1, 0.15) is 20.3 Å². The maximum atomic E-state index is 13.7. The number of amides is 1. The fraction of sp³-hybridized carbons (Fsp3) is 0.500. The first-order chi connectivity index (χ1) is 21.6. The Morgan fingerprint density at radius 2 is 1.93 bits per heavy atom. The number of cyclic esters (lactones) is 1. The zero-order chi connectivity index (χ0) is 32.1. The van der Waals surface area contributed by atoms with E-state index in [0.717, 1.165) is 42.4 Å². The summed E-state index contributed by atoms with van der Waals surface area (Å²) in [6.45, 7) is 7.77. The normalized spacial score (nSPS) is 20.3. The Kier molecular flexibility index (Phi) is 10.7. The molecule has 2 aliphatic rings. The van der Waals surface area contributed by atoms with Crippen molar-refractivity contribution in [2.24, 2.45) is 0 Å². The molecule has 0 spiro atoms. The molecule has 15 heteroatoms. The Bertz CT molecular complexity index is 1620. The van der Waals surface area contributed by atoms with E-state index in [0.29, 0.717) is 12.2 Å². The van der Waals surface area contributed by atoms with Gasteiger partial charge in [-0.15, -0.1) is 0 Å². The quantitative estimate of drug-likeness (QED) is 0.206. The van der Waals surface area contributed by atoms with E-state index in [1.165, 1.54) is 30.0 Å². The maximum Gasteiger partial charge on any atom is 0.310 e. The van der Waals surface area contributed by atoms with Crippen molar-refractivity contribution in [2.75, 3.05) is 58.0 Å². The molecule has 0 radical (unpaired) electrons. The van der Waals surface area contributed by atoms with Crippen LogP contribution in [-0.4, -0.2) is 111 Å². The second-order valence-electron chi connectivity index (χ2n) is 11.2. The number of para-hydroxylation sites is 2. The third-order valence-electron chi connectivity index (χ3n) is 7.65. The standard InChI is InChI=1S/C30H40N6O7S2/c1-5-41-29-23(17-28(38)43-29)33-45(39,40)26-11-10-21(31-27(37)19-35-14-12-34(3)13-15-35)16-25(26)42-20(2)18-36-24-9-7-6-8-22(24)32-30(36)44-4/h6-11,16,20,23,29,33H,5,12-15,17-19H2,1-4H3,(H,31,37). The molecule has 0 bridgehead atoms. The van der Waals surface area contributed by atoms with Gasteiger partial charge in [-0.25, -0.2) is 18.1 Å². The van der Waals surface area contributed by atoms with E-state index >= 15 is 0 Å². The van der Waals surface area contributed by atoms with Gasteiger partial charge in [-0.1, -0.05) is 23.9 Å². The molecule has 1 amide bonds. The van der Waals surface area contributed by atoms with E-state index in [-0.39, 0.29) is 36.1 Å². The molecule has 13 nitrogen and oxygen atoms in total. The molecule has 5 rings (SSSR count). The fourth-order valence-electron chi connectivity index (χ4n) is 5.42. The van der Waals surface area contributed by atoms with Gasteiger partial charge >= 0.3 is 5.97 Å². The number of imidazole rings is 1. The van der Waals surface area contributed by atoms with E-state index < -0.39 is 34.4 Å². The molecule has 2 aliphatic heterocycles. The van der Waals surface area contributed by atoms with E-state index in [2.05, 4.69) is 26.9 Å². The lowest BCUT2D eigenvalue weighted by atomic mass is 10.2. The number of thioether (sulfide) groups is 1. The molecule has 2 aromatic carbocycles. The second-order valence-corrected chi connectivity index (χ2v) is 13.6. The van der Waals surface area contributed by atoms with Gasteiger partial charge in [0.15, 0.2) is 5.16 Å². The highest BCUT2D eigenvalue weighted by Crippen LogP contribution is 2.31. The van der Waals surface area contributed by atoms with Gasteiger partial charge in [0.05, 0.1) is 36.6 Å². The van der Waals surface area contributed by atoms with Crippen LogP contribution in [-0.2, 0) is 35.6 Å². The van der Waals surface area contributed by atoms with Crippen LogP contribution in [0.2, 0.25) is 0 Å². The van der Waals surface area contributed by atoms with Crippen molar-refractivity contribution in [3.8, 4) is 5.75 Å². The molecule has 3 atom stereocenters. The van der Waals surface area contributed by atoms with Crippen LogP contribution in [0.4, 0.5) is 5.69 Å². The molecule has 244 valence electrons. The van der Waals surface area contributed by atoms with Crippen LogP contribution >= 0.6 is 11.8 Å². The van der Waals surface area contributed by atoms with Crippen molar-refractivity contribution in [1.29, 1.82) is 0 Å². The molecule has 3 unspecified atom stereocenters. The lowest BCUT2D eigenvalue weighted by Gasteiger charge is -2.31. The van der Waals surface area contributed by atoms with Crippen molar-refractivity contribution in [1.82, 2.24) is 24.1 Å². The van der Waals surface area contributed by atoms with E-state index in [4.69, 9.17) is 19.2 Å². The van der Waals surface area contributed by atoms with E-state index in [9.17, 15) is 18.0 Å². The summed E-state index contributed by atoms with van der Waals surface area (Å²) >= 11 is 1.51. The van der Waals surface area contributed by atoms with Crippen LogP contribution in [0.25, 0.3) is 11.0 Å². The minimum atomic E-state index is -4.21. The number of anilines is 1. The van der Waals surface area contributed by atoms with Gasteiger partial charge < -0.3 is 29.0 Å². The Hall–Kier alpha value is -3.21. The highest BCUT2D eigenvalue weighted by Gasteiger charge is 2.39. The number of nitrogens with one attached hydrogen (secondary N) is 2. The van der Waals surface area contributed by atoms with Crippen molar-refractivity contribution < 1.29 is 32.2 Å². The van der Waals surface area contributed by atoms with Crippen LogP contribution in [0.15, 0.2) is 52.5 Å². The monoisotopic (exact) mass is 660 g/mol. The van der Waals surface area contributed by atoms with Crippen molar-refractivity contribution in [2.45, 2.75) is 55.3 Å². The number of rotatable bonds is 13. The molecular formula is C30H40N6O7S2. The summed E-state index contributed by atoms with van der Waals surface area (Å²) in [6, 6.07) is 11.3. The number of likely N-dealkylation sites (N-methyl/N-ethyl adjacent to an activating group) is 1. The number of sulfonamides is 1. The van der Waals surface area contributed by atoms with Crippen LogP contribution in [0.3, 0.4) is 0 Å². The molecule has 2 fully saturated rings. The fourth-order valence-corrected chi connectivity index (χ4v) is 7.34. The number of hydrogen-bond donors (Lipinski definition) is 2. The van der Waals surface area contributed by atoms with Gasteiger partial charge in [-0.2, -0.15) is 0 Å². The smallest absolute Gasteiger partial charge is 0.310 e. The summed E-state index contributed by atoms with van der Waals surface area (Å²) in [5, 5.41) is 3.70. The van der Waals surface area contributed by atoms with Gasteiger partial charge in [-0.3, -0.25) is 14.5 Å². The Balaban J connectivity index is 1.39. The molecule has 3 aromatic rings. The number of aromatic nitrogens is 2. The molecule has 1 aromatic heterocycles. The molecular weight excluding hydrogens is 620 g/mol. The van der Waals surface area contributed by atoms with E-state index in [1.807, 2.05) is 42.0 Å². The van der Waals surface area contributed by atoms with Gasteiger partial charge in [0.2, 0.25) is 22.2 Å². The number of esters is 1. The largest absolute Gasteiger partial charge is 0.487 e. The first-order valence-electron chi connectivity index (χ1n) is 14.9. The average Bonchev–Trinajstić information content (AvgIpc) is 3.52. The molecule has 2 N–H and O–H groups in total. The maximum absolute atomic E-state index is 13.7. The topological polar surface area (TPSA) is 144 Å². The minimum Gasteiger partial charge on any atom is -0.487 e. The Morgan fingerprint density at radius 3 is 2.67 bits per heavy atom. The Labute approximate surface area is 267 Å². The van der Waals surface area contributed by atoms with Crippen molar-refractivity contribution in [3.63, 3.8) is 0 Å². The highest BCUT2D eigenvalue weighted by atomic mass is 32.2. The SMILES string of the molecule is CCOC1OC(=O)CC1NS(=O)(=O)c1ccc(NC(=O)CN2CCN(C)CC2)cc1OC(C)Cn1c(SC)nc2ccccc21. The molecule has 2 saturated heterocycles. The van der Waals surface area contributed by atoms with Gasteiger partial charge in [0, 0.05) is 44.5 Å². The zero-order valence-electron chi connectivity index (χ0n) is 25.9. The number of nitrogens with zero attached hydrogens (tertiary/aromatic N) is 4. The number of carbonyl (C=O) groups excluding carboxylic acids is 2. The number of benzene rings is 2. The summed E-state index contributed by atoms with van der Waals surface area (Å²) in [4.78, 5) is 33.7. The van der Waals surface area contributed by atoms with Crippen LogP contribution in [0, 0.1) is 0 Å². The molecule has 3 heterocycles. The van der Waals surface area contributed by atoms with Crippen LogP contribution in [0.5, 0.6) is 5.75 Å². The number of hydrogen-bond acceptors (Lipinski definition) is 11. The number of fused-ring (bicyclic) bond motifs is 1. The zero-order valence-corrected chi connectivity index (χ0v) is 27.5.